The SMILES string of the molecule is CC1=CC(=O)[C@@](O)(c2ccc(C)cc2)[C@H](C)C1=O. The molecule has 0 unspecified atom stereocenters. The first-order valence-corrected chi connectivity index (χ1v) is 5.94. The van der Waals surface area contributed by atoms with Gasteiger partial charge in [-0.25, -0.2) is 0 Å². The van der Waals surface area contributed by atoms with Crippen LogP contribution in [-0.2, 0) is 15.2 Å². The highest BCUT2D eigenvalue weighted by molar-refractivity contribution is 6.13. The number of aryl methyl sites for hydroxylation is 1. The largest absolute Gasteiger partial charge is 0.376 e. The second-order valence-electron chi connectivity index (χ2n) is 4.91. The van der Waals surface area contributed by atoms with E-state index in [4.69, 9.17) is 0 Å². The third-order valence-corrected chi connectivity index (χ3v) is 3.62. The van der Waals surface area contributed by atoms with E-state index in [9.17, 15) is 14.7 Å². The molecule has 3 nitrogen and oxygen atoms in total. The van der Waals surface area contributed by atoms with Crippen molar-refractivity contribution in [3.05, 3.63) is 47.0 Å². The molecule has 0 fully saturated rings. The van der Waals surface area contributed by atoms with Crippen molar-refractivity contribution in [3.63, 3.8) is 0 Å². The Bertz CT molecular complexity index is 539. The van der Waals surface area contributed by atoms with E-state index in [0.717, 1.165) is 5.56 Å². The van der Waals surface area contributed by atoms with Crippen LogP contribution in [0.2, 0.25) is 0 Å². The number of allylic oxidation sites excluding steroid dienone is 1. The van der Waals surface area contributed by atoms with Crippen LogP contribution in [0.5, 0.6) is 0 Å². The molecule has 0 aliphatic heterocycles. The first-order chi connectivity index (χ1) is 8.37. The number of carbonyl (C=O) groups is 2. The zero-order valence-electron chi connectivity index (χ0n) is 10.7. The molecule has 1 aliphatic rings. The molecule has 0 bridgehead atoms. The van der Waals surface area contributed by atoms with Crippen molar-refractivity contribution in [2.24, 2.45) is 5.92 Å². The summed E-state index contributed by atoms with van der Waals surface area (Å²) in [6.45, 7) is 5.12. The van der Waals surface area contributed by atoms with Crippen molar-refractivity contribution >= 4 is 11.6 Å². The van der Waals surface area contributed by atoms with Gasteiger partial charge in [0.1, 0.15) is 0 Å². The highest BCUT2D eigenvalue weighted by atomic mass is 16.3. The summed E-state index contributed by atoms with van der Waals surface area (Å²) in [6, 6.07) is 7.04. The molecule has 18 heavy (non-hydrogen) atoms. The van der Waals surface area contributed by atoms with Gasteiger partial charge in [-0.15, -0.1) is 0 Å². The van der Waals surface area contributed by atoms with Gasteiger partial charge in [0.05, 0.1) is 5.92 Å². The number of hydrogen-bond donors (Lipinski definition) is 1. The van der Waals surface area contributed by atoms with Crippen molar-refractivity contribution in [1.29, 1.82) is 0 Å². The van der Waals surface area contributed by atoms with Gasteiger partial charge in [0.2, 0.25) is 0 Å². The Morgan fingerprint density at radius 2 is 1.67 bits per heavy atom. The van der Waals surface area contributed by atoms with E-state index < -0.39 is 17.3 Å². The maximum atomic E-state index is 12.1. The number of Topliss-reactive ketones (excluding diaryl/α,β-unsaturated/α-hetero) is 1. The Morgan fingerprint density at radius 3 is 2.22 bits per heavy atom. The van der Waals surface area contributed by atoms with E-state index in [0.29, 0.717) is 11.1 Å². The van der Waals surface area contributed by atoms with E-state index in [1.807, 2.05) is 19.1 Å². The minimum atomic E-state index is -1.73. The molecule has 0 amide bonds. The van der Waals surface area contributed by atoms with E-state index in [1.165, 1.54) is 6.08 Å². The van der Waals surface area contributed by atoms with Gasteiger partial charge in [-0.1, -0.05) is 36.8 Å². The van der Waals surface area contributed by atoms with Crippen molar-refractivity contribution in [1.82, 2.24) is 0 Å². The molecule has 0 saturated heterocycles. The van der Waals surface area contributed by atoms with Crippen LogP contribution in [0.25, 0.3) is 0 Å². The summed E-state index contributed by atoms with van der Waals surface area (Å²) in [5, 5.41) is 10.6. The van der Waals surface area contributed by atoms with Gasteiger partial charge in [0.25, 0.3) is 0 Å². The zero-order chi connectivity index (χ0) is 13.5. The molecule has 0 aromatic heterocycles. The van der Waals surface area contributed by atoms with Crippen molar-refractivity contribution in [2.75, 3.05) is 0 Å². The average molecular weight is 244 g/mol. The van der Waals surface area contributed by atoms with Crippen molar-refractivity contribution in [3.8, 4) is 0 Å². The highest BCUT2D eigenvalue weighted by Crippen LogP contribution is 2.36. The summed E-state index contributed by atoms with van der Waals surface area (Å²) in [5.41, 5.74) is 0.188. The number of aliphatic hydroxyl groups is 1. The lowest BCUT2D eigenvalue weighted by atomic mass is 9.71. The fourth-order valence-corrected chi connectivity index (χ4v) is 2.32. The van der Waals surface area contributed by atoms with Gasteiger partial charge < -0.3 is 5.11 Å². The Labute approximate surface area is 106 Å². The second kappa shape index (κ2) is 4.18. The van der Waals surface area contributed by atoms with E-state index in [1.54, 1.807) is 26.0 Å². The van der Waals surface area contributed by atoms with Crippen LogP contribution in [0, 0.1) is 12.8 Å². The van der Waals surface area contributed by atoms with Gasteiger partial charge >= 0.3 is 0 Å². The topological polar surface area (TPSA) is 54.4 Å². The molecule has 1 aliphatic carbocycles. The molecule has 1 aromatic carbocycles. The molecule has 0 radical (unpaired) electrons. The predicted octanol–water partition coefficient (Wildman–Crippen LogP) is 1.92. The summed E-state index contributed by atoms with van der Waals surface area (Å²) in [7, 11) is 0. The number of carbonyl (C=O) groups excluding carboxylic acids is 2. The quantitative estimate of drug-likeness (QED) is 0.821. The summed E-state index contributed by atoms with van der Waals surface area (Å²) < 4.78 is 0. The van der Waals surface area contributed by atoms with Gasteiger partial charge in [-0.3, -0.25) is 9.59 Å². The lowest BCUT2D eigenvalue weighted by Crippen LogP contribution is -2.47. The van der Waals surface area contributed by atoms with Gasteiger partial charge in [0.15, 0.2) is 17.2 Å². The molecule has 2 atom stereocenters. The molecule has 3 heteroatoms. The van der Waals surface area contributed by atoms with Gasteiger partial charge in [-0.2, -0.15) is 0 Å². The van der Waals surface area contributed by atoms with Gasteiger partial charge in [-0.05, 0) is 31.1 Å². The standard InChI is InChI=1S/C15H16O3/c1-9-4-6-12(7-5-9)15(18)11(3)14(17)10(2)8-13(15)16/h4-8,11,18H,1-3H3/t11-,15+/m1/s1. The summed E-state index contributed by atoms with van der Waals surface area (Å²) in [4.78, 5) is 24.0. The fraction of sp³-hybridized carbons (Fsp3) is 0.333. The first-order valence-electron chi connectivity index (χ1n) is 5.94. The van der Waals surface area contributed by atoms with Crippen LogP contribution in [-0.4, -0.2) is 16.7 Å². The third-order valence-electron chi connectivity index (χ3n) is 3.62. The van der Waals surface area contributed by atoms with E-state index >= 15 is 0 Å². The molecule has 0 saturated carbocycles. The molecular weight excluding hydrogens is 228 g/mol. The number of benzene rings is 1. The van der Waals surface area contributed by atoms with Crippen LogP contribution >= 0.6 is 0 Å². The normalized spacial score (nSPS) is 28.2. The summed E-state index contributed by atoms with van der Waals surface area (Å²) in [5.74, 6) is -1.36. The third kappa shape index (κ3) is 1.71. The van der Waals surface area contributed by atoms with Crippen LogP contribution < -0.4 is 0 Å². The Morgan fingerprint density at radius 1 is 1.11 bits per heavy atom. The smallest absolute Gasteiger partial charge is 0.192 e. The summed E-state index contributed by atoms with van der Waals surface area (Å²) in [6.07, 6.45) is 1.24. The van der Waals surface area contributed by atoms with Crippen molar-refractivity contribution < 1.29 is 14.7 Å². The first kappa shape index (κ1) is 12.7. The second-order valence-corrected chi connectivity index (χ2v) is 4.91. The molecule has 0 spiro atoms. The number of hydrogen-bond acceptors (Lipinski definition) is 3. The van der Waals surface area contributed by atoms with Crippen LogP contribution in [0.4, 0.5) is 0 Å². The predicted molar refractivity (Wildman–Crippen MR) is 68.0 cm³/mol. The summed E-state index contributed by atoms with van der Waals surface area (Å²) >= 11 is 0. The van der Waals surface area contributed by atoms with Crippen LogP contribution in [0.15, 0.2) is 35.9 Å². The minimum Gasteiger partial charge on any atom is -0.376 e. The van der Waals surface area contributed by atoms with Crippen molar-refractivity contribution in [2.45, 2.75) is 26.4 Å². The molecule has 94 valence electrons. The minimum absolute atomic E-state index is 0.183. The van der Waals surface area contributed by atoms with E-state index in [-0.39, 0.29) is 5.78 Å². The highest BCUT2D eigenvalue weighted by Gasteiger charge is 2.48. The maximum absolute atomic E-state index is 12.1. The Kier molecular flexibility index (Phi) is 2.95. The number of ketones is 2. The molecular formula is C15H16O3. The van der Waals surface area contributed by atoms with Gasteiger partial charge in [0, 0.05) is 0 Å². The number of rotatable bonds is 1. The molecule has 0 heterocycles. The molecule has 2 rings (SSSR count). The lowest BCUT2D eigenvalue weighted by molar-refractivity contribution is -0.147. The maximum Gasteiger partial charge on any atom is 0.192 e. The lowest BCUT2D eigenvalue weighted by Gasteiger charge is -2.34. The van der Waals surface area contributed by atoms with Crippen LogP contribution in [0.1, 0.15) is 25.0 Å². The Balaban J connectivity index is 2.56. The average Bonchev–Trinajstić information content (AvgIpc) is 2.35. The monoisotopic (exact) mass is 244 g/mol. The molecule has 1 aromatic rings. The molecule has 1 N–H and O–H groups in total. The van der Waals surface area contributed by atoms with E-state index in [2.05, 4.69) is 0 Å². The fourth-order valence-electron chi connectivity index (χ4n) is 2.32. The Hall–Kier alpha value is -1.74. The zero-order valence-corrected chi connectivity index (χ0v) is 10.7. The van der Waals surface area contributed by atoms with Crippen LogP contribution in [0.3, 0.4) is 0 Å².